The van der Waals surface area contributed by atoms with E-state index in [1.54, 1.807) is 10.9 Å². The van der Waals surface area contributed by atoms with Crippen LogP contribution in [0.4, 0.5) is 0 Å². The van der Waals surface area contributed by atoms with Crippen LogP contribution in [0.15, 0.2) is 46.1 Å². The molecule has 26 heavy (non-hydrogen) atoms. The molecule has 0 saturated carbocycles. The van der Waals surface area contributed by atoms with Crippen LogP contribution < -0.4 is 5.01 Å². The van der Waals surface area contributed by atoms with Crippen LogP contribution in [0.1, 0.15) is 10.4 Å². The molecule has 2 aliphatic heterocycles. The summed E-state index contributed by atoms with van der Waals surface area (Å²) in [5.74, 6) is 0.185. The second kappa shape index (κ2) is 7.14. The van der Waals surface area contributed by atoms with E-state index in [1.807, 2.05) is 36.4 Å². The normalized spacial score (nSPS) is 19.3. The zero-order valence-corrected chi connectivity index (χ0v) is 16.0. The van der Waals surface area contributed by atoms with Gasteiger partial charge in [0.15, 0.2) is 3.95 Å². The number of benzene rings is 1. The van der Waals surface area contributed by atoms with E-state index in [0.717, 1.165) is 47.9 Å². The SMILES string of the molecule is CN1CCN(n2c(O)c(/C=C3\C=NN=C3c3ccccc3)sc2=S)CC1. The van der Waals surface area contributed by atoms with Crippen LogP contribution in [0.3, 0.4) is 0 Å². The van der Waals surface area contributed by atoms with Crippen molar-refractivity contribution in [3.63, 3.8) is 0 Å². The van der Waals surface area contributed by atoms with E-state index >= 15 is 0 Å². The van der Waals surface area contributed by atoms with Crippen LogP contribution in [0.5, 0.6) is 5.88 Å². The van der Waals surface area contributed by atoms with Crippen LogP contribution in [0, 0.1) is 3.95 Å². The first kappa shape index (κ1) is 17.1. The van der Waals surface area contributed by atoms with E-state index in [1.165, 1.54) is 11.3 Å². The minimum atomic E-state index is 0.185. The molecule has 134 valence electrons. The van der Waals surface area contributed by atoms with Gasteiger partial charge in [-0.05, 0) is 25.3 Å². The molecule has 0 spiro atoms. The Morgan fingerprint density at radius 2 is 1.88 bits per heavy atom. The fourth-order valence-corrected chi connectivity index (χ4v) is 4.36. The van der Waals surface area contributed by atoms with Crippen molar-refractivity contribution in [2.45, 2.75) is 0 Å². The molecule has 6 nitrogen and oxygen atoms in total. The maximum absolute atomic E-state index is 10.8. The summed E-state index contributed by atoms with van der Waals surface area (Å²) in [6, 6.07) is 9.91. The van der Waals surface area contributed by atoms with Crippen molar-refractivity contribution < 1.29 is 5.11 Å². The monoisotopic (exact) mass is 385 g/mol. The Kier molecular flexibility index (Phi) is 4.71. The molecule has 3 heterocycles. The molecule has 1 N–H and O–H groups in total. The van der Waals surface area contributed by atoms with Gasteiger partial charge in [0.1, 0.15) is 5.71 Å². The minimum Gasteiger partial charge on any atom is -0.492 e. The first-order chi connectivity index (χ1) is 12.6. The highest BCUT2D eigenvalue weighted by Gasteiger charge is 2.21. The third kappa shape index (κ3) is 3.23. The molecular formula is C18H19N5OS2. The summed E-state index contributed by atoms with van der Waals surface area (Å²) in [5.41, 5.74) is 2.67. The maximum atomic E-state index is 10.8. The summed E-state index contributed by atoms with van der Waals surface area (Å²) in [7, 11) is 2.10. The Balaban J connectivity index is 1.66. The summed E-state index contributed by atoms with van der Waals surface area (Å²) in [6.07, 6.45) is 3.62. The Hall–Kier alpha value is -2.29. The molecule has 2 aromatic rings. The van der Waals surface area contributed by atoms with Crippen molar-refractivity contribution in [2.24, 2.45) is 10.2 Å². The second-order valence-corrected chi connectivity index (χ2v) is 7.96. The quantitative estimate of drug-likeness (QED) is 0.826. The topological polar surface area (TPSA) is 56.4 Å². The number of nitrogens with zero attached hydrogens (tertiary/aromatic N) is 5. The average Bonchev–Trinajstić information content (AvgIpc) is 3.22. The molecular weight excluding hydrogens is 366 g/mol. The van der Waals surface area contributed by atoms with Gasteiger partial charge in [0, 0.05) is 37.3 Å². The number of thiazole rings is 1. The van der Waals surface area contributed by atoms with Gasteiger partial charge in [-0.3, -0.25) is 0 Å². The summed E-state index contributed by atoms with van der Waals surface area (Å²) >= 11 is 6.91. The number of aromatic hydroxyl groups is 1. The molecule has 0 radical (unpaired) electrons. The van der Waals surface area contributed by atoms with Gasteiger partial charge in [0.05, 0.1) is 11.1 Å². The summed E-state index contributed by atoms with van der Waals surface area (Å²) in [4.78, 5) is 2.99. The molecule has 1 fully saturated rings. The van der Waals surface area contributed by atoms with Crippen molar-refractivity contribution in [3.8, 4) is 5.88 Å². The molecule has 0 bridgehead atoms. The molecule has 0 aliphatic carbocycles. The molecule has 0 amide bonds. The van der Waals surface area contributed by atoms with E-state index in [-0.39, 0.29) is 5.88 Å². The zero-order valence-electron chi connectivity index (χ0n) is 14.4. The number of rotatable bonds is 3. The van der Waals surface area contributed by atoms with Crippen molar-refractivity contribution in [1.82, 2.24) is 9.58 Å². The molecule has 0 unspecified atom stereocenters. The van der Waals surface area contributed by atoms with Gasteiger partial charge in [-0.2, -0.15) is 5.10 Å². The first-order valence-corrected chi connectivity index (χ1v) is 9.63. The minimum absolute atomic E-state index is 0.185. The first-order valence-electron chi connectivity index (χ1n) is 8.40. The van der Waals surface area contributed by atoms with Crippen LogP contribution in [-0.2, 0) is 0 Å². The average molecular weight is 386 g/mol. The van der Waals surface area contributed by atoms with Gasteiger partial charge in [0.25, 0.3) is 0 Å². The van der Waals surface area contributed by atoms with E-state index in [4.69, 9.17) is 12.2 Å². The smallest absolute Gasteiger partial charge is 0.230 e. The predicted molar refractivity (Wildman–Crippen MR) is 110 cm³/mol. The fraction of sp³-hybridized carbons (Fsp3) is 0.278. The number of aromatic nitrogens is 1. The Morgan fingerprint density at radius 1 is 1.15 bits per heavy atom. The number of hydrogen-bond acceptors (Lipinski definition) is 7. The molecule has 4 rings (SSSR count). The van der Waals surface area contributed by atoms with Crippen molar-refractivity contribution in [3.05, 3.63) is 50.3 Å². The highest BCUT2D eigenvalue weighted by atomic mass is 32.1. The Morgan fingerprint density at radius 3 is 2.62 bits per heavy atom. The van der Waals surface area contributed by atoms with Crippen molar-refractivity contribution >= 4 is 41.6 Å². The van der Waals surface area contributed by atoms with Gasteiger partial charge in [-0.1, -0.05) is 41.7 Å². The van der Waals surface area contributed by atoms with E-state index in [9.17, 15) is 5.11 Å². The maximum Gasteiger partial charge on any atom is 0.230 e. The van der Waals surface area contributed by atoms with Crippen LogP contribution >= 0.6 is 23.6 Å². The van der Waals surface area contributed by atoms with E-state index in [0.29, 0.717) is 3.95 Å². The third-order valence-corrected chi connectivity index (χ3v) is 5.81. The van der Waals surface area contributed by atoms with E-state index in [2.05, 4.69) is 27.2 Å². The highest BCUT2D eigenvalue weighted by molar-refractivity contribution is 7.73. The van der Waals surface area contributed by atoms with Gasteiger partial charge in [-0.15, -0.1) is 5.10 Å². The third-order valence-electron chi connectivity index (χ3n) is 4.52. The number of piperazine rings is 1. The number of hydrogen-bond donors (Lipinski definition) is 1. The molecule has 1 saturated heterocycles. The lowest BCUT2D eigenvalue weighted by Crippen LogP contribution is -2.49. The summed E-state index contributed by atoms with van der Waals surface area (Å²) < 4.78 is 2.40. The molecule has 1 aromatic heterocycles. The number of allylic oxidation sites excluding steroid dienone is 1. The number of likely N-dealkylation sites (N-methyl/N-ethyl adjacent to an activating group) is 1. The standard InChI is InChI=1S/C18H19N5OS2/c1-21-7-9-22(10-8-21)23-17(24)15(26-18(23)25)11-14-12-19-20-16(14)13-5-3-2-4-6-13/h2-6,11-12,24H,7-10H2,1H3/b14-11+. The zero-order chi connectivity index (χ0) is 18.1. The van der Waals surface area contributed by atoms with Gasteiger partial charge >= 0.3 is 0 Å². The van der Waals surface area contributed by atoms with Crippen molar-refractivity contribution in [1.29, 1.82) is 0 Å². The molecule has 1 aromatic carbocycles. The lowest BCUT2D eigenvalue weighted by Gasteiger charge is -2.34. The molecule has 2 aliphatic rings. The molecule has 8 heteroatoms. The van der Waals surface area contributed by atoms with Gasteiger partial charge in [0.2, 0.25) is 5.88 Å². The van der Waals surface area contributed by atoms with Crippen LogP contribution in [-0.4, -0.2) is 59.8 Å². The van der Waals surface area contributed by atoms with Crippen LogP contribution in [0.2, 0.25) is 0 Å². The van der Waals surface area contributed by atoms with Crippen LogP contribution in [0.25, 0.3) is 6.08 Å². The largest absolute Gasteiger partial charge is 0.492 e. The van der Waals surface area contributed by atoms with Crippen molar-refractivity contribution in [2.75, 3.05) is 38.2 Å². The summed E-state index contributed by atoms with van der Waals surface area (Å²) in [6.45, 7) is 3.57. The Labute approximate surface area is 161 Å². The van der Waals surface area contributed by atoms with Gasteiger partial charge < -0.3 is 15.0 Å². The van der Waals surface area contributed by atoms with E-state index < -0.39 is 0 Å². The van der Waals surface area contributed by atoms with Gasteiger partial charge in [-0.25, -0.2) is 4.68 Å². The second-order valence-electron chi connectivity index (χ2n) is 6.28. The molecule has 0 atom stereocenters. The Bertz CT molecular complexity index is 950. The summed E-state index contributed by atoms with van der Waals surface area (Å²) in [5, 5.41) is 21.1. The fourth-order valence-electron chi connectivity index (χ4n) is 3.05. The highest BCUT2D eigenvalue weighted by Crippen LogP contribution is 2.30. The predicted octanol–water partition coefficient (Wildman–Crippen LogP) is 2.74. The lowest BCUT2D eigenvalue weighted by atomic mass is 10.0. The lowest BCUT2D eigenvalue weighted by molar-refractivity contribution is 0.277.